The zero-order valence-electron chi connectivity index (χ0n) is 8.92. The number of hydrogen-bond donors (Lipinski definition) is 1. The Morgan fingerprint density at radius 2 is 1.94 bits per heavy atom. The van der Waals surface area contributed by atoms with Gasteiger partial charge in [-0.1, -0.05) is 11.5 Å². The highest BCUT2D eigenvalue weighted by Gasteiger charge is 2.10. The molecule has 0 aliphatic carbocycles. The van der Waals surface area contributed by atoms with Gasteiger partial charge in [0, 0.05) is 17.0 Å². The third-order valence-electron chi connectivity index (χ3n) is 2.09. The van der Waals surface area contributed by atoms with Crippen molar-refractivity contribution in [2.75, 3.05) is 0 Å². The molecule has 0 bridgehead atoms. The fourth-order valence-electron chi connectivity index (χ4n) is 1.24. The van der Waals surface area contributed by atoms with Crippen molar-refractivity contribution in [1.29, 1.82) is 0 Å². The quantitative estimate of drug-likeness (QED) is 0.809. The topological polar surface area (TPSA) is 51.1 Å². The maximum absolute atomic E-state index is 12.7. The van der Waals surface area contributed by atoms with Crippen molar-refractivity contribution in [1.82, 2.24) is 9.27 Å². The third kappa shape index (κ3) is 2.69. The number of carbonyl (C=O) groups excluding carboxylic acids is 1. The standard InChI is InChI=1S/C11H7FN2O2S2/c12-8-3-1-7(2-4-8)10(16)13-11(17)14-9(15)5-6-18-14/h1-6H,(H,13,16,17). The van der Waals surface area contributed by atoms with Crippen molar-refractivity contribution >= 4 is 34.8 Å². The summed E-state index contributed by atoms with van der Waals surface area (Å²) in [6, 6.07) is 6.38. The third-order valence-corrected chi connectivity index (χ3v) is 3.32. The largest absolute Gasteiger partial charge is 0.298 e. The van der Waals surface area contributed by atoms with Gasteiger partial charge in [0.15, 0.2) is 5.11 Å². The molecule has 0 unspecified atom stereocenters. The van der Waals surface area contributed by atoms with E-state index in [0.717, 1.165) is 11.5 Å². The van der Waals surface area contributed by atoms with Crippen molar-refractivity contribution in [2.24, 2.45) is 0 Å². The van der Waals surface area contributed by atoms with Gasteiger partial charge in [0.25, 0.3) is 11.5 Å². The molecule has 1 heterocycles. The van der Waals surface area contributed by atoms with E-state index in [1.54, 1.807) is 5.38 Å². The van der Waals surface area contributed by atoms with Crippen molar-refractivity contribution in [2.45, 2.75) is 0 Å². The molecule has 0 aliphatic heterocycles. The van der Waals surface area contributed by atoms with Crippen LogP contribution in [0.5, 0.6) is 0 Å². The molecule has 4 nitrogen and oxygen atoms in total. The fraction of sp³-hybridized carbons (Fsp3) is 0. The lowest BCUT2D eigenvalue weighted by molar-refractivity contribution is 0.0977. The van der Waals surface area contributed by atoms with E-state index >= 15 is 0 Å². The second-order valence-electron chi connectivity index (χ2n) is 3.31. The minimum absolute atomic E-state index is 0.00400. The number of amides is 1. The predicted octanol–water partition coefficient (Wildman–Crippen LogP) is 1.61. The summed E-state index contributed by atoms with van der Waals surface area (Å²) >= 11 is 6.02. The van der Waals surface area contributed by atoms with Gasteiger partial charge in [0.1, 0.15) is 5.82 Å². The minimum Gasteiger partial charge on any atom is -0.298 e. The number of nitrogens with zero attached hydrogens (tertiary/aromatic N) is 1. The fourth-order valence-corrected chi connectivity index (χ4v) is 2.16. The van der Waals surface area contributed by atoms with E-state index in [9.17, 15) is 14.0 Å². The summed E-state index contributed by atoms with van der Waals surface area (Å²) < 4.78 is 13.9. The molecule has 2 rings (SSSR count). The van der Waals surface area contributed by atoms with Crippen LogP contribution in [-0.4, -0.2) is 15.0 Å². The number of hydrogen-bond acceptors (Lipinski definition) is 4. The van der Waals surface area contributed by atoms with Crippen LogP contribution in [0.25, 0.3) is 0 Å². The van der Waals surface area contributed by atoms with Crippen molar-refractivity contribution in [3.63, 3.8) is 0 Å². The number of halogens is 1. The van der Waals surface area contributed by atoms with Gasteiger partial charge in [-0.25, -0.2) is 8.35 Å². The number of benzene rings is 1. The number of thiocarbonyl (C=S) groups is 1. The molecule has 92 valence electrons. The highest BCUT2D eigenvalue weighted by atomic mass is 32.1. The van der Waals surface area contributed by atoms with Crippen LogP contribution in [0.4, 0.5) is 4.39 Å². The van der Waals surface area contributed by atoms with E-state index in [1.165, 1.54) is 34.3 Å². The molecule has 0 atom stereocenters. The molecular weight excluding hydrogens is 275 g/mol. The van der Waals surface area contributed by atoms with Crippen LogP contribution < -0.4 is 10.9 Å². The van der Waals surface area contributed by atoms with E-state index in [4.69, 9.17) is 12.2 Å². The summed E-state index contributed by atoms with van der Waals surface area (Å²) in [5, 5.41) is 3.97. The van der Waals surface area contributed by atoms with Gasteiger partial charge >= 0.3 is 0 Å². The van der Waals surface area contributed by atoms with Crippen LogP contribution >= 0.6 is 23.8 Å². The molecular formula is C11H7FN2O2S2. The van der Waals surface area contributed by atoms with Gasteiger partial charge in [0.2, 0.25) is 0 Å². The molecule has 1 N–H and O–H groups in total. The van der Waals surface area contributed by atoms with Crippen LogP contribution in [0.1, 0.15) is 10.4 Å². The Morgan fingerprint density at radius 1 is 1.28 bits per heavy atom. The molecule has 18 heavy (non-hydrogen) atoms. The second-order valence-corrected chi connectivity index (χ2v) is 4.54. The highest BCUT2D eigenvalue weighted by molar-refractivity contribution is 7.80. The van der Waals surface area contributed by atoms with Crippen LogP contribution in [0.2, 0.25) is 0 Å². The van der Waals surface area contributed by atoms with E-state index in [0.29, 0.717) is 0 Å². The van der Waals surface area contributed by atoms with Crippen molar-refractivity contribution in [3.8, 4) is 0 Å². The van der Waals surface area contributed by atoms with Gasteiger partial charge in [-0.3, -0.25) is 14.9 Å². The normalized spacial score (nSPS) is 10.1. The first-order valence-electron chi connectivity index (χ1n) is 4.86. The molecule has 0 fully saturated rings. The lowest BCUT2D eigenvalue weighted by atomic mass is 10.2. The van der Waals surface area contributed by atoms with Gasteiger partial charge in [-0.15, -0.1) is 0 Å². The summed E-state index contributed by atoms with van der Waals surface area (Å²) in [5.74, 6) is -0.913. The molecule has 2 aromatic rings. The van der Waals surface area contributed by atoms with Gasteiger partial charge in [0.05, 0.1) is 0 Å². The zero-order valence-corrected chi connectivity index (χ0v) is 10.6. The highest BCUT2D eigenvalue weighted by Crippen LogP contribution is 2.02. The van der Waals surface area contributed by atoms with Gasteiger partial charge < -0.3 is 0 Å². The zero-order chi connectivity index (χ0) is 13.1. The summed E-state index contributed by atoms with van der Waals surface area (Å²) in [5.41, 5.74) is -0.0345. The van der Waals surface area contributed by atoms with Gasteiger partial charge in [-0.05, 0) is 36.5 Å². The number of nitrogens with one attached hydrogen (secondary N) is 1. The first kappa shape index (κ1) is 12.6. The smallest absolute Gasteiger partial charge is 0.267 e. The lowest BCUT2D eigenvalue weighted by Crippen LogP contribution is -2.36. The van der Waals surface area contributed by atoms with E-state index in [2.05, 4.69) is 5.32 Å². The number of rotatable bonds is 1. The Labute approximate surface area is 111 Å². The average Bonchev–Trinajstić information content (AvgIpc) is 2.76. The molecule has 7 heteroatoms. The molecule has 1 amide bonds. The summed E-state index contributed by atoms with van der Waals surface area (Å²) in [6.45, 7) is 0. The van der Waals surface area contributed by atoms with Gasteiger partial charge in [-0.2, -0.15) is 0 Å². The number of carbonyl (C=O) groups is 1. The monoisotopic (exact) mass is 282 g/mol. The van der Waals surface area contributed by atoms with Crippen LogP contribution in [0, 0.1) is 5.82 Å². The SMILES string of the molecule is O=C(NC(=S)n1sccc1=O)c1ccc(F)cc1. The maximum atomic E-state index is 12.7. The lowest BCUT2D eigenvalue weighted by Gasteiger charge is -2.05. The van der Waals surface area contributed by atoms with E-state index < -0.39 is 11.7 Å². The average molecular weight is 282 g/mol. The van der Waals surface area contributed by atoms with Crippen molar-refractivity contribution in [3.05, 3.63) is 57.4 Å². The summed E-state index contributed by atoms with van der Waals surface area (Å²) in [7, 11) is 0. The van der Waals surface area contributed by atoms with Crippen molar-refractivity contribution < 1.29 is 9.18 Å². The predicted molar refractivity (Wildman–Crippen MR) is 70.4 cm³/mol. The summed E-state index contributed by atoms with van der Waals surface area (Å²) in [4.78, 5) is 23.0. The Kier molecular flexibility index (Phi) is 3.63. The molecule has 1 aromatic carbocycles. The Hall–Kier alpha value is -1.86. The maximum Gasteiger partial charge on any atom is 0.267 e. The first-order valence-corrected chi connectivity index (χ1v) is 6.11. The minimum atomic E-state index is -0.486. The van der Waals surface area contributed by atoms with E-state index in [1.807, 2.05) is 0 Å². The second kappa shape index (κ2) is 5.19. The Morgan fingerprint density at radius 3 is 2.50 bits per heavy atom. The Balaban J connectivity index is 2.13. The summed E-state index contributed by atoms with van der Waals surface area (Å²) in [6.07, 6.45) is 0. The number of aromatic nitrogens is 1. The van der Waals surface area contributed by atoms with Crippen LogP contribution in [-0.2, 0) is 0 Å². The molecule has 0 spiro atoms. The molecule has 0 saturated heterocycles. The first-order chi connectivity index (χ1) is 8.58. The molecule has 1 aromatic heterocycles. The molecule has 0 radical (unpaired) electrons. The molecule has 0 saturated carbocycles. The van der Waals surface area contributed by atoms with E-state index in [-0.39, 0.29) is 16.2 Å². The van der Waals surface area contributed by atoms with Crippen LogP contribution in [0.15, 0.2) is 40.5 Å². The van der Waals surface area contributed by atoms with Crippen LogP contribution in [0.3, 0.4) is 0 Å². The molecule has 0 aliphatic rings. The Bertz CT molecular complexity index is 646.